The molecule has 1 atom stereocenters. The van der Waals surface area contributed by atoms with Crippen LogP contribution in [0.2, 0.25) is 0 Å². The summed E-state index contributed by atoms with van der Waals surface area (Å²) in [6.07, 6.45) is 9.25. The van der Waals surface area contributed by atoms with Crippen LogP contribution in [0, 0.1) is 5.92 Å². The highest BCUT2D eigenvalue weighted by molar-refractivity contribution is 7.89. The van der Waals surface area contributed by atoms with Gasteiger partial charge in [0.05, 0.1) is 12.0 Å². The second-order valence-corrected chi connectivity index (χ2v) is 10.6. The molecule has 0 aromatic carbocycles. The van der Waals surface area contributed by atoms with Crippen molar-refractivity contribution >= 4 is 20.0 Å². The Morgan fingerprint density at radius 3 is 2.32 bits per heavy atom. The topological polar surface area (TPSA) is 83.6 Å². The van der Waals surface area contributed by atoms with Crippen molar-refractivity contribution in [3.05, 3.63) is 0 Å². The average molecular weight is 353 g/mol. The number of nitrogens with one attached hydrogen (secondary N) is 1. The van der Waals surface area contributed by atoms with E-state index in [9.17, 15) is 16.8 Å². The summed E-state index contributed by atoms with van der Waals surface area (Å²) in [7, 11) is -6.57. The lowest BCUT2D eigenvalue weighted by atomic mass is 9.88. The molecule has 0 radical (unpaired) electrons. The van der Waals surface area contributed by atoms with Gasteiger partial charge in [-0.2, -0.15) is 0 Å². The van der Waals surface area contributed by atoms with Gasteiger partial charge in [0, 0.05) is 19.1 Å². The zero-order chi connectivity index (χ0) is 16.2. The van der Waals surface area contributed by atoms with E-state index in [2.05, 4.69) is 4.72 Å². The molecule has 0 aromatic rings. The summed E-state index contributed by atoms with van der Waals surface area (Å²) in [5.74, 6) is 0.738. The Bertz CT molecular complexity index is 553. The number of rotatable bonds is 6. The zero-order valence-electron chi connectivity index (χ0n) is 13.3. The fourth-order valence-electron chi connectivity index (χ4n) is 3.51. The lowest BCUT2D eigenvalue weighted by Gasteiger charge is -2.32. The van der Waals surface area contributed by atoms with Gasteiger partial charge in [0.25, 0.3) is 0 Å². The van der Waals surface area contributed by atoms with Crippen molar-refractivity contribution in [1.82, 2.24) is 9.03 Å². The maximum atomic E-state index is 12.5. The zero-order valence-corrected chi connectivity index (χ0v) is 15.0. The third kappa shape index (κ3) is 5.79. The fraction of sp³-hybridized carbons (Fsp3) is 1.00. The number of nitrogens with zero attached hydrogens (tertiary/aromatic N) is 1. The summed E-state index contributed by atoms with van der Waals surface area (Å²) in [4.78, 5) is 0. The Morgan fingerprint density at radius 2 is 1.68 bits per heavy atom. The SMILES string of the molecule is CS(=O)(=O)NC1CCCN(S(=O)(=O)CCC2CCCCC2)C1. The van der Waals surface area contributed by atoms with E-state index in [1.54, 1.807) is 0 Å². The highest BCUT2D eigenvalue weighted by Crippen LogP contribution is 2.27. The molecule has 1 aliphatic heterocycles. The molecule has 1 unspecified atom stereocenters. The highest BCUT2D eigenvalue weighted by atomic mass is 32.2. The normalized spacial score (nSPS) is 26.1. The van der Waals surface area contributed by atoms with E-state index in [1.807, 2.05) is 0 Å². The highest BCUT2D eigenvalue weighted by Gasteiger charge is 2.30. The van der Waals surface area contributed by atoms with Gasteiger partial charge in [0.15, 0.2) is 0 Å². The van der Waals surface area contributed by atoms with Crippen LogP contribution in [-0.2, 0) is 20.0 Å². The van der Waals surface area contributed by atoms with Crippen molar-refractivity contribution in [3.63, 3.8) is 0 Å². The Labute approximate surface area is 134 Å². The van der Waals surface area contributed by atoms with E-state index in [0.717, 1.165) is 25.5 Å². The fourth-order valence-corrected chi connectivity index (χ4v) is 6.02. The van der Waals surface area contributed by atoms with Gasteiger partial charge in [-0.3, -0.25) is 0 Å². The first-order chi connectivity index (χ1) is 10.3. The molecule has 0 bridgehead atoms. The molecule has 1 aliphatic carbocycles. The number of hydrogen-bond acceptors (Lipinski definition) is 4. The van der Waals surface area contributed by atoms with E-state index in [1.165, 1.54) is 23.6 Å². The molecule has 0 amide bonds. The molecule has 2 fully saturated rings. The number of hydrogen-bond donors (Lipinski definition) is 1. The molecule has 1 heterocycles. The van der Waals surface area contributed by atoms with Crippen molar-refractivity contribution in [3.8, 4) is 0 Å². The van der Waals surface area contributed by atoms with E-state index in [-0.39, 0.29) is 18.3 Å². The molecule has 22 heavy (non-hydrogen) atoms. The second kappa shape index (κ2) is 7.59. The Morgan fingerprint density at radius 1 is 1.00 bits per heavy atom. The lowest BCUT2D eigenvalue weighted by Crippen LogP contribution is -2.49. The molecule has 1 N–H and O–H groups in total. The summed E-state index contributed by atoms with van der Waals surface area (Å²) in [6, 6.07) is -0.298. The molecule has 1 saturated heterocycles. The van der Waals surface area contributed by atoms with Crippen LogP contribution < -0.4 is 4.72 Å². The van der Waals surface area contributed by atoms with Crippen LogP contribution in [0.4, 0.5) is 0 Å². The summed E-state index contributed by atoms with van der Waals surface area (Å²) in [5, 5.41) is 0. The van der Waals surface area contributed by atoms with Crippen molar-refractivity contribution < 1.29 is 16.8 Å². The third-order valence-corrected chi connectivity index (χ3v) is 7.30. The van der Waals surface area contributed by atoms with E-state index >= 15 is 0 Å². The lowest BCUT2D eigenvalue weighted by molar-refractivity contribution is 0.299. The Kier molecular flexibility index (Phi) is 6.27. The van der Waals surface area contributed by atoms with Gasteiger partial charge in [0.1, 0.15) is 0 Å². The second-order valence-electron chi connectivity index (χ2n) is 6.70. The predicted molar refractivity (Wildman–Crippen MR) is 87.6 cm³/mol. The van der Waals surface area contributed by atoms with E-state index < -0.39 is 20.0 Å². The standard InChI is InChI=1S/C14H28N2O4S2/c1-21(17,18)15-14-8-5-10-16(12-14)22(19,20)11-9-13-6-3-2-4-7-13/h13-15H,2-12H2,1H3. The first kappa shape index (κ1) is 18.2. The number of piperidine rings is 1. The Balaban J connectivity index is 1.87. The minimum absolute atomic E-state index is 0.198. The molecule has 1 saturated carbocycles. The van der Waals surface area contributed by atoms with Crippen LogP contribution >= 0.6 is 0 Å². The number of sulfonamides is 2. The molecule has 130 valence electrons. The Hall–Kier alpha value is -0.180. The van der Waals surface area contributed by atoms with Gasteiger partial charge in [-0.25, -0.2) is 25.9 Å². The third-order valence-electron chi connectivity index (χ3n) is 4.67. The molecule has 2 rings (SSSR count). The molecular formula is C14H28N2O4S2. The van der Waals surface area contributed by atoms with Crippen LogP contribution in [0.25, 0.3) is 0 Å². The van der Waals surface area contributed by atoms with Gasteiger partial charge in [0.2, 0.25) is 20.0 Å². The monoisotopic (exact) mass is 352 g/mol. The largest absolute Gasteiger partial charge is 0.214 e. The van der Waals surface area contributed by atoms with Gasteiger partial charge < -0.3 is 0 Å². The van der Waals surface area contributed by atoms with Crippen LogP contribution in [0.1, 0.15) is 51.4 Å². The van der Waals surface area contributed by atoms with Gasteiger partial charge in [-0.15, -0.1) is 0 Å². The summed E-state index contributed by atoms with van der Waals surface area (Å²) in [6.45, 7) is 0.773. The smallest absolute Gasteiger partial charge is 0.213 e. The van der Waals surface area contributed by atoms with Crippen LogP contribution in [0.3, 0.4) is 0 Å². The summed E-state index contributed by atoms with van der Waals surface area (Å²) >= 11 is 0. The average Bonchev–Trinajstić information content (AvgIpc) is 2.45. The molecule has 0 aromatic heterocycles. The van der Waals surface area contributed by atoms with E-state index in [0.29, 0.717) is 25.3 Å². The molecule has 0 spiro atoms. The minimum atomic E-state index is -3.29. The quantitative estimate of drug-likeness (QED) is 0.781. The van der Waals surface area contributed by atoms with Crippen molar-refractivity contribution in [2.45, 2.75) is 57.4 Å². The predicted octanol–water partition coefficient (Wildman–Crippen LogP) is 1.30. The van der Waals surface area contributed by atoms with Gasteiger partial charge in [-0.05, 0) is 25.2 Å². The first-order valence-electron chi connectivity index (χ1n) is 8.21. The van der Waals surface area contributed by atoms with Crippen molar-refractivity contribution in [2.24, 2.45) is 5.92 Å². The van der Waals surface area contributed by atoms with E-state index in [4.69, 9.17) is 0 Å². The molecular weight excluding hydrogens is 324 g/mol. The van der Waals surface area contributed by atoms with Gasteiger partial charge >= 0.3 is 0 Å². The maximum absolute atomic E-state index is 12.5. The molecule has 8 heteroatoms. The summed E-state index contributed by atoms with van der Waals surface area (Å²) < 4.78 is 51.6. The maximum Gasteiger partial charge on any atom is 0.214 e. The molecule has 6 nitrogen and oxygen atoms in total. The van der Waals surface area contributed by atoms with Crippen molar-refractivity contribution in [2.75, 3.05) is 25.1 Å². The van der Waals surface area contributed by atoms with Crippen LogP contribution in [-0.4, -0.2) is 52.3 Å². The van der Waals surface area contributed by atoms with Crippen molar-refractivity contribution in [1.29, 1.82) is 0 Å². The van der Waals surface area contributed by atoms with Crippen LogP contribution in [0.15, 0.2) is 0 Å². The summed E-state index contributed by atoms with van der Waals surface area (Å²) in [5.41, 5.74) is 0. The van der Waals surface area contributed by atoms with Crippen LogP contribution in [0.5, 0.6) is 0 Å². The molecule has 2 aliphatic rings. The first-order valence-corrected chi connectivity index (χ1v) is 11.7. The minimum Gasteiger partial charge on any atom is -0.213 e. The van der Waals surface area contributed by atoms with Gasteiger partial charge in [-0.1, -0.05) is 32.1 Å².